The van der Waals surface area contributed by atoms with E-state index in [2.05, 4.69) is 25.6 Å². The molecule has 0 aliphatic rings. The Labute approximate surface area is 175 Å². The van der Waals surface area contributed by atoms with Gasteiger partial charge in [0.2, 0.25) is 11.8 Å². The number of rotatable bonds is 13. The quantitative estimate of drug-likeness (QED) is 0.111. The molecule has 0 radical (unpaired) electrons. The van der Waals surface area contributed by atoms with Gasteiger partial charge in [0, 0.05) is 24.9 Å². The first-order chi connectivity index (χ1) is 14.1. The second kappa shape index (κ2) is 12.4. The lowest BCUT2D eigenvalue weighted by Crippen LogP contribution is -2.55. The van der Waals surface area contributed by atoms with E-state index in [9.17, 15) is 19.5 Å². The normalized spacial score (nSPS) is 13.9. The number of aliphatic imine (C=N–C) groups is 1. The number of nitrogens with one attached hydrogen (secondary N) is 3. The van der Waals surface area contributed by atoms with Gasteiger partial charge in [-0.2, -0.15) is 0 Å². The minimum absolute atomic E-state index is 0.0917. The first kappa shape index (κ1) is 24.9. The van der Waals surface area contributed by atoms with Crippen molar-refractivity contribution in [3.63, 3.8) is 0 Å². The summed E-state index contributed by atoms with van der Waals surface area (Å²) in [5.74, 6) is -2.21. The smallest absolute Gasteiger partial charge is 0.326 e. The topological polar surface area (TPSA) is 215 Å². The number of carboxylic acid groups (broad SMARTS) is 1. The summed E-state index contributed by atoms with van der Waals surface area (Å²) in [6.07, 6.45) is 3.99. The van der Waals surface area contributed by atoms with Crippen molar-refractivity contribution in [2.75, 3.05) is 6.54 Å². The van der Waals surface area contributed by atoms with E-state index in [1.54, 1.807) is 0 Å². The van der Waals surface area contributed by atoms with Crippen LogP contribution in [0.4, 0.5) is 0 Å². The molecule has 0 bridgehead atoms. The highest BCUT2D eigenvalue weighted by atomic mass is 16.4. The Morgan fingerprint density at radius 3 is 2.40 bits per heavy atom. The van der Waals surface area contributed by atoms with Crippen molar-refractivity contribution < 1.29 is 19.5 Å². The fourth-order valence-corrected chi connectivity index (χ4v) is 2.75. The average molecular weight is 425 g/mol. The van der Waals surface area contributed by atoms with Crippen LogP contribution in [0.2, 0.25) is 0 Å². The van der Waals surface area contributed by atoms with Crippen molar-refractivity contribution in [3.05, 3.63) is 18.2 Å². The lowest BCUT2D eigenvalue weighted by molar-refractivity contribution is -0.142. The van der Waals surface area contributed by atoms with E-state index < -0.39 is 35.9 Å². The van der Waals surface area contributed by atoms with Crippen LogP contribution in [0.15, 0.2) is 17.5 Å². The second-order valence-electron chi connectivity index (χ2n) is 7.43. The highest BCUT2D eigenvalue weighted by molar-refractivity contribution is 5.91. The van der Waals surface area contributed by atoms with Gasteiger partial charge in [-0.05, 0) is 25.2 Å². The van der Waals surface area contributed by atoms with Gasteiger partial charge in [-0.1, -0.05) is 13.8 Å². The first-order valence-corrected chi connectivity index (χ1v) is 9.71. The van der Waals surface area contributed by atoms with Gasteiger partial charge in [-0.3, -0.25) is 14.6 Å². The standard InChI is InChI=1S/C18H32N8O4/c1-10(2)6-12(19)15(27)26-14(7-11-8-22-9-24-11)16(28)25-13(17(29)30)4-3-5-23-18(20)21/h8-10,12-14H,3-7,19H2,1-2H3,(H,22,24)(H,25,28)(H,26,27)(H,29,30)(H4,20,21,23). The van der Waals surface area contributed by atoms with Crippen molar-refractivity contribution in [1.29, 1.82) is 0 Å². The van der Waals surface area contributed by atoms with Crippen LogP contribution in [0.25, 0.3) is 0 Å². The maximum absolute atomic E-state index is 12.8. The van der Waals surface area contributed by atoms with Gasteiger partial charge >= 0.3 is 5.97 Å². The number of carboxylic acids is 1. The minimum atomic E-state index is -1.20. The van der Waals surface area contributed by atoms with Crippen molar-refractivity contribution in [1.82, 2.24) is 20.6 Å². The zero-order valence-electron chi connectivity index (χ0n) is 17.3. The van der Waals surface area contributed by atoms with E-state index in [1.807, 2.05) is 13.8 Å². The van der Waals surface area contributed by atoms with Gasteiger partial charge in [0.15, 0.2) is 5.96 Å². The molecule has 1 aromatic rings. The molecule has 12 heteroatoms. The van der Waals surface area contributed by atoms with Crippen LogP contribution in [0, 0.1) is 5.92 Å². The highest BCUT2D eigenvalue weighted by Gasteiger charge is 2.28. The molecule has 0 fully saturated rings. The largest absolute Gasteiger partial charge is 0.480 e. The molecule has 0 aliphatic heterocycles. The van der Waals surface area contributed by atoms with Crippen LogP contribution in [0.1, 0.15) is 38.8 Å². The molecule has 1 heterocycles. The zero-order valence-corrected chi connectivity index (χ0v) is 17.3. The van der Waals surface area contributed by atoms with Gasteiger partial charge in [0.05, 0.1) is 12.4 Å². The number of carbonyl (C=O) groups excluding carboxylic acids is 2. The molecule has 0 saturated carbocycles. The van der Waals surface area contributed by atoms with E-state index in [0.717, 1.165) is 0 Å². The number of carbonyl (C=O) groups is 3. The number of amides is 2. The summed E-state index contributed by atoms with van der Waals surface area (Å²) in [6.45, 7) is 4.10. The van der Waals surface area contributed by atoms with Crippen LogP contribution >= 0.6 is 0 Å². The molecule has 0 aromatic carbocycles. The Balaban J connectivity index is 2.82. The molecular formula is C18H32N8O4. The van der Waals surface area contributed by atoms with E-state index in [0.29, 0.717) is 18.5 Å². The van der Waals surface area contributed by atoms with Crippen LogP contribution in [0.5, 0.6) is 0 Å². The summed E-state index contributed by atoms with van der Waals surface area (Å²) in [7, 11) is 0. The Morgan fingerprint density at radius 2 is 1.87 bits per heavy atom. The number of aliphatic carboxylic acids is 1. The Bertz CT molecular complexity index is 716. The monoisotopic (exact) mass is 424 g/mol. The third-order valence-electron chi connectivity index (χ3n) is 4.23. The SMILES string of the molecule is CC(C)CC(N)C(=O)NC(Cc1cnc[nH]1)C(=O)NC(CCCN=C(N)N)C(=O)O. The van der Waals surface area contributed by atoms with Crippen molar-refractivity contribution in [2.45, 2.75) is 57.7 Å². The molecule has 1 aromatic heterocycles. The van der Waals surface area contributed by atoms with Gasteiger partial charge < -0.3 is 37.9 Å². The molecule has 2 amide bonds. The van der Waals surface area contributed by atoms with E-state index in [1.165, 1.54) is 12.5 Å². The maximum Gasteiger partial charge on any atom is 0.326 e. The van der Waals surface area contributed by atoms with Gasteiger partial charge in [0.1, 0.15) is 12.1 Å². The lowest BCUT2D eigenvalue weighted by Gasteiger charge is -2.23. The minimum Gasteiger partial charge on any atom is -0.480 e. The molecular weight excluding hydrogens is 392 g/mol. The van der Waals surface area contributed by atoms with Gasteiger partial charge in [-0.15, -0.1) is 0 Å². The fraction of sp³-hybridized carbons (Fsp3) is 0.611. The molecule has 0 saturated heterocycles. The molecule has 30 heavy (non-hydrogen) atoms. The molecule has 168 valence electrons. The summed E-state index contributed by atoms with van der Waals surface area (Å²) in [4.78, 5) is 47.3. The summed E-state index contributed by atoms with van der Waals surface area (Å²) in [6, 6.07) is -2.95. The molecule has 0 spiro atoms. The number of nitrogens with zero attached hydrogens (tertiary/aromatic N) is 2. The van der Waals surface area contributed by atoms with Crippen LogP contribution in [-0.4, -0.2) is 63.5 Å². The van der Waals surface area contributed by atoms with Gasteiger partial charge in [0.25, 0.3) is 0 Å². The highest BCUT2D eigenvalue weighted by Crippen LogP contribution is 2.06. The van der Waals surface area contributed by atoms with Crippen molar-refractivity contribution >= 4 is 23.7 Å². The Morgan fingerprint density at radius 1 is 1.20 bits per heavy atom. The van der Waals surface area contributed by atoms with Crippen LogP contribution < -0.4 is 27.8 Å². The summed E-state index contributed by atoms with van der Waals surface area (Å²) in [5, 5.41) is 14.5. The molecule has 3 unspecified atom stereocenters. The summed E-state index contributed by atoms with van der Waals surface area (Å²) >= 11 is 0. The number of guanidine groups is 1. The van der Waals surface area contributed by atoms with Crippen molar-refractivity contribution in [2.24, 2.45) is 28.1 Å². The first-order valence-electron chi connectivity index (χ1n) is 9.71. The van der Waals surface area contributed by atoms with Gasteiger partial charge in [-0.25, -0.2) is 9.78 Å². The predicted octanol–water partition coefficient (Wildman–Crippen LogP) is -1.57. The number of nitrogens with two attached hydrogens (primary N) is 3. The van der Waals surface area contributed by atoms with E-state index in [4.69, 9.17) is 17.2 Å². The van der Waals surface area contributed by atoms with Crippen molar-refractivity contribution in [3.8, 4) is 0 Å². The Kier molecular flexibility index (Phi) is 10.3. The molecule has 10 N–H and O–H groups in total. The number of hydrogen-bond donors (Lipinski definition) is 7. The van der Waals surface area contributed by atoms with Crippen LogP contribution in [-0.2, 0) is 20.8 Å². The summed E-state index contributed by atoms with van der Waals surface area (Å²) < 4.78 is 0. The average Bonchev–Trinajstić information content (AvgIpc) is 3.15. The summed E-state index contributed by atoms with van der Waals surface area (Å²) in [5.41, 5.74) is 17.0. The number of aromatic amines is 1. The van der Waals surface area contributed by atoms with E-state index in [-0.39, 0.29) is 31.3 Å². The number of H-pyrrole nitrogens is 1. The molecule has 12 nitrogen and oxygen atoms in total. The second-order valence-corrected chi connectivity index (χ2v) is 7.43. The molecule has 1 rings (SSSR count). The Hall–Kier alpha value is -3.15. The zero-order chi connectivity index (χ0) is 22.7. The third kappa shape index (κ3) is 9.37. The third-order valence-corrected chi connectivity index (χ3v) is 4.23. The van der Waals surface area contributed by atoms with Crippen LogP contribution in [0.3, 0.4) is 0 Å². The number of imidazole rings is 1. The number of aromatic nitrogens is 2. The number of hydrogen-bond acceptors (Lipinski definition) is 6. The predicted molar refractivity (Wildman–Crippen MR) is 111 cm³/mol. The lowest BCUT2D eigenvalue weighted by atomic mass is 10.0. The maximum atomic E-state index is 12.8. The fourth-order valence-electron chi connectivity index (χ4n) is 2.75. The van der Waals surface area contributed by atoms with E-state index >= 15 is 0 Å². The molecule has 3 atom stereocenters. The molecule has 0 aliphatic carbocycles.